The SMILES string of the molecule is Cc1[nH]c(C(=O)C[C@@H]2CCN(c3nc(-c4cnc(N5CCN(CCO)CC5)cn4)c(C(=O)O)s3)C[C@@H]2C)c(Cl)c1Cl. The number of aliphatic hydroxyl groups excluding tert-OH is 1. The number of β-amino-alcohol motifs (C(OH)–C–C–N with tert-alkyl or cyclic N) is 1. The molecule has 3 aromatic heterocycles. The molecule has 220 valence electrons. The van der Waals surface area contributed by atoms with E-state index in [1.54, 1.807) is 19.3 Å². The summed E-state index contributed by atoms with van der Waals surface area (Å²) in [5.41, 5.74) is 1.75. The van der Waals surface area contributed by atoms with Crippen molar-refractivity contribution in [2.24, 2.45) is 11.8 Å². The molecule has 2 atom stereocenters. The van der Waals surface area contributed by atoms with Crippen molar-refractivity contribution in [3.05, 3.63) is 38.7 Å². The van der Waals surface area contributed by atoms with E-state index in [2.05, 4.69) is 36.6 Å². The Hall–Kier alpha value is -2.77. The van der Waals surface area contributed by atoms with E-state index in [-0.39, 0.29) is 34.1 Å². The summed E-state index contributed by atoms with van der Waals surface area (Å²) in [6, 6.07) is 0. The number of aromatic nitrogens is 4. The molecule has 2 fully saturated rings. The molecule has 0 amide bonds. The molecule has 3 N–H and O–H groups in total. The van der Waals surface area contributed by atoms with Gasteiger partial charge < -0.3 is 25.0 Å². The van der Waals surface area contributed by atoms with Crippen molar-refractivity contribution in [3.8, 4) is 11.4 Å². The molecule has 0 radical (unpaired) electrons. The highest BCUT2D eigenvalue weighted by atomic mass is 35.5. The number of rotatable bonds is 9. The molecule has 0 bridgehead atoms. The van der Waals surface area contributed by atoms with Crippen LogP contribution >= 0.6 is 34.5 Å². The van der Waals surface area contributed by atoms with Crippen LogP contribution in [0.3, 0.4) is 0 Å². The van der Waals surface area contributed by atoms with Gasteiger partial charge in [0.25, 0.3) is 0 Å². The number of thiazole rings is 1. The standard InChI is InChI=1S/C27H33Cl2N7O4S/c1-15-14-36(4-3-17(15)11-19(38)24-22(29)21(28)16(2)32-24)27-33-23(25(41-27)26(39)40)18-12-31-20(13-30-18)35-7-5-34(6-8-35)9-10-37/h12-13,15,17,32,37H,3-11,14H2,1-2H3,(H,39,40)/t15-,17-/m0/s1. The number of hydrogen-bond acceptors (Lipinski definition) is 10. The molecule has 0 unspecified atom stereocenters. The van der Waals surface area contributed by atoms with E-state index in [0.717, 1.165) is 49.8 Å². The van der Waals surface area contributed by atoms with Gasteiger partial charge in [-0.15, -0.1) is 0 Å². The number of aliphatic hydroxyl groups is 1. The van der Waals surface area contributed by atoms with Gasteiger partial charge in [-0.05, 0) is 25.2 Å². The van der Waals surface area contributed by atoms with Crippen molar-refractivity contribution in [1.29, 1.82) is 0 Å². The lowest BCUT2D eigenvalue weighted by atomic mass is 9.83. The second kappa shape index (κ2) is 12.6. The fourth-order valence-electron chi connectivity index (χ4n) is 5.49. The van der Waals surface area contributed by atoms with Gasteiger partial charge in [-0.25, -0.2) is 19.7 Å². The number of nitrogens with zero attached hydrogens (tertiary/aromatic N) is 6. The first kappa shape index (κ1) is 29.7. The third-order valence-corrected chi connectivity index (χ3v) is 9.99. The number of piperazine rings is 1. The number of carbonyl (C=O) groups excluding carboxylic acids is 1. The summed E-state index contributed by atoms with van der Waals surface area (Å²) in [5, 5.41) is 20.3. The summed E-state index contributed by atoms with van der Waals surface area (Å²) >= 11 is 13.5. The Kier molecular flexibility index (Phi) is 9.15. The van der Waals surface area contributed by atoms with Crippen LogP contribution in [0.25, 0.3) is 11.4 Å². The number of aryl methyl sites for hydroxylation is 1. The summed E-state index contributed by atoms with van der Waals surface area (Å²) in [6.07, 6.45) is 4.36. The molecular weight excluding hydrogens is 589 g/mol. The lowest BCUT2D eigenvalue weighted by molar-refractivity contribution is 0.0702. The summed E-state index contributed by atoms with van der Waals surface area (Å²) in [7, 11) is 0. The highest BCUT2D eigenvalue weighted by Crippen LogP contribution is 2.37. The zero-order valence-corrected chi connectivity index (χ0v) is 25.3. The lowest BCUT2D eigenvalue weighted by Gasteiger charge is -2.36. The van der Waals surface area contributed by atoms with Crippen LogP contribution in [0.1, 0.15) is 45.6 Å². The number of carbonyl (C=O) groups is 2. The normalized spacial score (nSPS) is 20.0. The van der Waals surface area contributed by atoms with Gasteiger partial charge in [-0.2, -0.15) is 0 Å². The van der Waals surface area contributed by atoms with E-state index in [9.17, 15) is 14.7 Å². The molecule has 2 aliphatic rings. The number of halogens is 2. The Morgan fingerprint density at radius 2 is 1.85 bits per heavy atom. The van der Waals surface area contributed by atoms with Crippen LogP contribution in [0.15, 0.2) is 12.4 Å². The lowest BCUT2D eigenvalue weighted by Crippen LogP contribution is -2.47. The van der Waals surface area contributed by atoms with E-state index in [4.69, 9.17) is 33.3 Å². The maximum atomic E-state index is 13.0. The number of aromatic amines is 1. The minimum atomic E-state index is -1.06. The van der Waals surface area contributed by atoms with Gasteiger partial charge in [0, 0.05) is 57.9 Å². The third kappa shape index (κ3) is 6.36. The Balaban J connectivity index is 1.25. The maximum Gasteiger partial charge on any atom is 0.348 e. The number of piperidine rings is 1. The second-order valence-corrected chi connectivity index (χ2v) is 12.4. The maximum absolute atomic E-state index is 13.0. The smallest absolute Gasteiger partial charge is 0.348 e. The number of carboxylic acids is 1. The summed E-state index contributed by atoms with van der Waals surface area (Å²) in [4.78, 5) is 48.4. The van der Waals surface area contributed by atoms with Crippen LogP contribution in [0.2, 0.25) is 10.0 Å². The zero-order chi connectivity index (χ0) is 29.3. The Bertz CT molecular complexity index is 1410. The largest absolute Gasteiger partial charge is 0.477 e. The number of anilines is 2. The number of aromatic carboxylic acids is 1. The van der Waals surface area contributed by atoms with Crippen LogP contribution in [-0.4, -0.2) is 99.2 Å². The van der Waals surface area contributed by atoms with Gasteiger partial charge in [-0.1, -0.05) is 41.5 Å². The fourth-order valence-corrected chi connectivity index (χ4v) is 6.87. The van der Waals surface area contributed by atoms with Crippen molar-refractivity contribution in [3.63, 3.8) is 0 Å². The highest BCUT2D eigenvalue weighted by molar-refractivity contribution is 7.17. The number of H-pyrrole nitrogens is 1. The van der Waals surface area contributed by atoms with Crippen LogP contribution < -0.4 is 9.80 Å². The topological polar surface area (TPSA) is 139 Å². The zero-order valence-electron chi connectivity index (χ0n) is 22.9. The molecule has 0 aromatic carbocycles. The van der Waals surface area contributed by atoms with Crippen LogP contribution in [-0.2, 0) is 0 Å². The van der Waals surface area contributed by atoms with Crippen molar-refractivity contribution < 1.29 is 19.8 Å². The molecule has 11 nitrogen and oxygen atoms in total. The van der Waals surface area contributed by atoms with Crippen molar-refractivity contribution in [1.82, 2.24) is 24.8 Å². The van der Waals surface area contributed by atoms with Gasteiger partial charge in [-0.3, -0.25) is 9.69 Å². The summed E-state index contributed by atoms with van der Waals surface area (Å²) in [5.74, 6) is -0.0581. The monoisotopic (exact) mass is 621 g/mol. The molecule has 2 saturated heterocycles. The number of ketones is 1. The number of Topliss-reactive ketones (excluding diaryl/α,β-unsaturated/α-hetero) is 1. The highest BCUT2D eigenvalue weighted by Gasteiger charge is 2.32. The third-order valence-electron chi connectivity index (χ3n) is 7.94. The molecule has 14 heteroatoms. The minimum Gasteiger partial charge on any atom is -0.477 e. The number of carboxylic acid groups (broad SMARTS) is 1. The number of hydrogen-bond donors (Lipinski definition) is 3. The quantitative estimate of drug-likeness (QED) is 0.299. The molecule has 0 saturated carbocycles. The van der Waals surface area contributed by atoms with Gasteiger partial charge in [0.05, 0.1) is 29.0 Å². The molecule has 5 heterocycles. The predicted octanol–water partition coefficient (Wildman–Crippen LogP) is 4.09. The Morgan fingerprint density at radius 1 is 1.10 bits per heavy atom. The van der Waals surface area contributed by atoms with Gasteiger partial charge in [0.2, 0.25) is 0 Å². The fraction of sp³-hybridized carbons (Fsp3) is 0.519. The van der Waals surface area contributed by atoms with Crippen LogP contribution in [0.5, 0.6) is 0 Å². The molecule has 3 aromatic rings. The molecule has 0 spiro atoms. The van der Waals surface area contributed by atoms with E-state index in [1.807, 2.05) is 0 Å². The minimum absolute atomic E-state index is 0.0611. The second-order valence-electron chi connectivity index (χ2n) is 10.6. The van der Waals surface area contributed by atoms with Crippen molar-refractivity contribution in [2.75, 3.05) is 62.2 Å². The molecular formula is C27H33Cl2N7O4S. The van der Waals surface area contributed by atoms with E-state index in [1.165, 1.54) is 0 Å². The van der Waals surface area contributed by atoms with E-state index >= 15 is 0 Å². The van der Waals surface area contributed by atoms with Gasteiger partial charge in [0.15, 0.2) is 10.9 Å². The summed E-state index contributed by atoms with van der Waals surface area (Å²) in [6.45, 7) is 9.20. The van der Waals surface area contributed by atoms with E-state index in [0.29, 0.717) is 59.0 Å². The first-order chi connectivity index (χ1) is 19.7. The van der Waals surface area contributed by atoms with Crippen LogP contribution in [0, 0.1) is 18.8 Å². The first-order valence-electron chi connectivity index (χ1n) is 13.6. The number of nitrogens with one attached hydrogen (secondary N) is 1. The molecule has 5 rings (SSSR count). The first-order valence-corrected chi connectivity index (χ1v) is 15.2. The van der Waals surface area contributed by atoms with E-state index < -0.39 is 5.97 Å². The summed E-state index contributed by atoms with van der Waals surface area (Å²) < 4.78 is 0. The predicted molar refractivity (Wildman–Crippen MR) is 160 cm³/mol. The van der Waals surface area contributed by atoms with Crippen LogP contribution in [0.4, 0.5) is 10.9 Å². The Morgan fingerprint density at radius 3 is 2.44 bits per heavy atom. The average molecular weight is 623 g/mol. The Labute approximate surface area is 252 Å². The van der Waals surface area contributed by atoms with Gasteiger partial charge in [0.1, 0.15) is 27.8 Å². The molecule has 2 aliphatic heterocycles. The average Bonchev–Trinajstić information content (AvgIpc) is 3.53. The van der Waals surface area contributed by atoms with Crippen molar-refractivity contribution >= 4 is 57.2 Å². The molecule has 41 heavy (non-hydrogen) atoms. The van der Waals surface area contributed by atoms with Crippen molar-refractivity contribution in [2.45, 2.75) is 26.7 Å². The van der Waals surface area contributed by atoms with Gasteiger partial charge >= 0.3 is 5.97 Å². The molecule has 0 aliphatic carbocycles.